The molecular weight excluding hydrogens is 238 g/mol. The first kappa shape index (κ1) is 14.0. The smallest absolute Gasteiger partial charge is 0.223 e. The summed E-state index contributed by atoms with van der Waals surface area (Å²) in [6.07, 6.45) is 6.42. The molecule has 0 aromatic carbocycles. The summed E-state index contributed by atoms with van der Waals surface area (Å²) in [6.45, 7) is 3.85. The fourth-order valence-corrected chi connectivity index (χ4v) is 2.64. The van der Waals surface area contributed by atoms with Gasteiger partial charge < -0.3 is 10.2 Å². The van der Waals surface area contributed by atoms with Gasteiger partial charge in [0.05, 0.1) is 0 Å². The number of rotatable bonds is 4. The summed E-state index contributed by atoms with van der Waals surface area (Å²) in [6, 6.07) is 4.43. The van der Waals surface area contributed by atoms with E-state index in [-0.39, 0.29) is 11.8 Å². The molecule has 1 N–H and O–H groups in total. The molecule has 1 fully saturated rings. The third kappa shape index (κ3) is 3.77. The molecule has 2 rings (SSSR count). The van der Waals surface area contributed by atoms with E-state index in [0.717, 1.165) is 19.5 Å². The third-order valence-corrected chi connectivity index (χ3v) is 3.94. The molecule has 0 spiro atoms. The van der Waals surface area contributed by atoms with Gasteiger partial charge in [0.15, 0.2) is 0 Å². The van der Waals surface area contributed by atoms with Gasteiger partial charge in [0.2, 0.25) is 5.91 Å². The van der Waals surface area contributed by atoms with Crippen molar-refractivity contribution < 1.29 is 4.79 Å². The quantitative estimate of drug-likeness (QED) is 0.898. The molecule has 104 valence electrons. The molecule has 1 aliphatic heterocycles. The van der Waals surface area contributed by atoms with Crippen LogP contribution in [0, 0.1) is 0 Å². The highest BCUT2D eigenvalue weighted by Gasteiger charge is 2.23. The Labute approximate surface area is 115 Å². The number of carbonyl (C=O) groups is 1. The second-order valence-corrected chi connectivity index (χ2v) is 5.35. The minimum absolute atomic E-state index is 0.255. The van der Waals surface area contributed by atoms with Crippen molar-refractivity contribution in [1.82, 2.24) is 15.2 Å². The van der Waals surface area contributed by atoms with Crippen molar-refractivity contribution in [2.75, 3.05) is 20.1 Å². The largest absolute Gasteiger partial charge is 0.341 e. The van der Waals surface area contributed by atoms with Crippen molar-refractivity contribution >= 4 is 5.91 Å². The van der Waals surface area contributed by atoms with Crippen molar-refractivity contribution in [2.24, 2.45) is 0 Å². The highest BCUT2D eigenvalue weighted by Crippen LogP contribution is 2.20. The molecule has 4 nitrogen and oxygen atoms in total. The Morgan fingerprint density at radius 1 is 1.53 bits per heavy atom. The predicted octanol–water partition coefficient (Wildman–Crippen LogP) is 1.79. The van der Waals surface area contributed by atoms with Crippen molar-refractivity contribution in [3.8, 4) is 0 Å². The van der Waals surface area contributed by atoms with Crippen LogP contribution in [0.1, 0.15) is 37.7 Å². The maximum Gasteiger partial charge on any atom is 0.223 e. The zero-order chi connectivity index (χ0) is 13.7. The van der Waals surface area contributed by atoms with E-state index in [4.69, 9.17) is 0 Å². The molecule has 2 atom stereocenters. The zero-order valence-corrected chi connectivity index (χ0v) is 11.8. The molecular formula is C15H23N3O. The Hall–Kier alpha value is -1.42. The number of nitrogens with zero attached hydrogens (tertiary/aromatic N) is 2. The van der Waals surface area contributed by atoms with Gasteiger partial charge in [-0.05, 0) is 43.5 Å². The van der Waals surface area contributed by atoms with E-state index < -0.39 is 0 Å². The van der Waals surface area contributed by atoms with E-state index in [1.165, 1.54) is 12.0 Å². The normalized spacial score (nSPS) is 21.2. The standard InChI is InChI=1S/C15H23N3O/c1-12(13-5-7-17-8-6-13)10-15(19)18-9-3-4-14(11-18)16-2/h5-8,12,14,16H,3-4,9-11H2,1-2H3/t12-,14+/m0/s1. The Morgan fingerprint density at radius 2 is 2.26 bits per heavy atom. The van der Waals surface area contributed by atoms with E-state index in [9.17, 15) is 4.79 Å². The van der Waals surface area contributed by atoms with Crippen molar-refractivity contribution in [2.45, 2.75) is 38.1 Å². The van der Waals surface area contributed by atoms with Gasteiger partial charge >= 0.3 is 0 Å². The van der Waals surface area contributed by atoms with Crippen LogP contribution >= 0.6 is 0 Å². The fraction of sp³-hybridized carbons (Fsp3) is 0.600. The summed E-state index contributed by atoms with van der Waals surface area (Å²) in [5.74, 6) is 0.523. The second-order valence-electron chi connectivity index (χ2n) is 5.35. The fourth-order valence-electron chi connectivity index (χ4n) is 2.64. The zero-order valence-electron chi connectivity index (χ0n) is 11.8. The van der Waals surface area contributed by atoms with Crippen LogP contribution in [0.3, 0.4) is 0 Å². The van der Waals surface area contributed by atoms with Crippen molar-refractivity contribution in [1.29, 1.82) is 0 Å². The van der Waals surface area contributed by atoms with Gasteiger partial charge in [-0.15, -0.1) is 0 Å². The molecule has 1 aliphatic rings. The number of likely N-dealkylation sites (tertiary alicyclic amines) is 1. The minimum Gasteiger partial charge on any atom is -0.341 e. The molecule has 0 bridgehead atoms. The van der Waals surface area contributed by atoms with Crippen LogP contribution in [-0.2, 0) is 4.79 Å². The minimum atomic E-state index is 0.255. The van der Waals surface area contributed by atoms with Crippen LogP contribution in [0.25, 0.3) is 0 Å². The lowest BCUT2D eigenvalue weighted by Gasteiger charge is -2.33. The molecule has 19 heavy (non-hydrogen) atoms. The maximum atomic E-state index is 12.3. The topological polar surface area (TPSA) is 45.2 Å². The molecule has 2 heterocycles. The Morgan fingerprint density at radius 3 is 2.95 bits per heavy atom. The molecule has 0 aliphatic carbocycles. The number of hydrogen-bond donors (Lipinski definition) is 1. The average Bonchev–Trinajstić information content (AvgIpc) is 2.48. The van der Waals surface area contributed by atoms with Crippen molar-refractivity contribution in [3.63, 3.8) is 0 Å². The van der Waals surface area contributed by atoms with Crippen LogP contribution in [0.5, 0.6) is 0 Å². The predicted molar refractivity (Wildman–Crippen MR) is 75.9 cm³/mol. The number of nitrogens with one attached hydrogen (secondary N) is 1. The van der Waals surface area contributed by atoms with Gasteiger partial charge in [-0.1, -0.05) is 6.92 Å². The molecule has 1 saturated heterocycles. The lowest BCUT2D eigenvalue weighted by molar-refractivity contribution is -0.132. The van der Waals surface area contributed by atoms with E-state index in [1.54, 1.807) is 12.4 Å². The van der Waals surface area contributed by atoms with Gasteiger partial charge in [-0.2, -0.15) is 0 Å². The van der Waals surface area contributed by atoms with Gasteiger partial charge in [0.25, 0.3) is 0 Å². The summed E-state index contributed by atoms with van der Waals surface area (Å²) in [5.41, 5.74) is 1.19. The summed E-state index contributed by atoms with van der Waals surface area (Å²) < 4.78 is 0. The van der Waals surface area contributed by atoms with Gasteiger partial charge in [0, 0.05) is 37.9 Å². The lowest BCUT2D eigenvalue weighted by Crippen LogP contribution is -2.47. The number of amides is 1. The first-order valence-corrected chi connectivity index (χ1v) is 7.05. The van der Waals surface area contributed by atoms with E-state index in [2.05, 4.69) is 17.2 Å². The van der Waals surface area contributed by atoms with E-state index in [1.807, 2.05) is 24.1 Å². The molecule has 1 amide bonds. The Balaban J connectivity index is 1.90. The summed E-state index contributed by atoms with van der Waals surface area (Å²) in [4.78, 5) is 18.3. The number of hydrogen-bond acceptors (Lipinski definition) is 3. The van der Waals surface area contributed by atoms with Crippen LogP contribution in [0.2, 0.25) is 0 Å². The number of pyridine rings is 1. The first-order valence-electron chi connectivity index (χ1n) is 7.05. The molecule has 1 aromatic rings. The van der Waals surface area contributed by atoms with Crippen LogP contribution < -0.4 is 5.32 Å². The molecule has 0 unspecified atom stereocenters. The highest BCUT2D eigenvalue weighted by molar-refractivity contribution is 5.77. The van der Waals surface area contributed by atoms with E-state index in [0.29, 0.717) is 12.5 Å². The lowest BCUT2D eigenvalue weighted by atomic mass is 9.97. The van der Waals surface area contributed by atoms with Gasteiger partial charge in [-0.3, -0.25) is 9.78 Å². The highest BCUT2D eigenvalue weighted by atomic mass is 16.2. The number of likely N-dealkylation sites (N-methyl/N-ethyl adjacent to an activating group) is 1. The number of aromatic nitrogens is 1. The van der Waals surface area contributed by atoms with Crippen molar-refractivity contribution in [3.05, 3.63) is 30.1 Å². The monoisotopic (exact) mass is 261 g/mol. The molecule has 0 radical (unpaired) electrons. The SMILES string of the molecule is CN[C@@H]1CCCN(C(=O)C[C@H](C)c2ccncc2)C1. The van der Waals surface area contributed by atoms with Gasteiger partial charge in [0.1, 0.15) is 0 Å². The summed E-state index contributed by atoms with van der Waals surface area (Å²) in [7, 11) is 1.97. The summed E-state index contributed by atoms with van der Waals surface area (Å²) >= 11 is 0. The van der Waals surface area contributed by atoms with E-state index >= 15 is 0 Å². The first-order chi connectivity index (χ1) is 9.20. The third-order valence-electron chi connectivity index (χ3n) is 3.94. The molecule has 4 heteroatoms. The molecule has 0 saturated carbocycles. The second kappa shape index (κ2) is 6.66. The average molecular weight is 261 g/mol. The van der Waals surface area contributed by atoms with Crippen LogP contribution in [0.4, 0.5) is 0 Å². The maximum absolute atomic E-state index is 12.3. The Kier molecular flexibility index (Phi) is 4.91. The summed E-state index contributed by atoms with van der Waals surface area (Å²) in [5, 5.41) is 3.27. The van der Waals surface area contributed by atoms with Gasteiger partial charge in [-0.25, -0.2) is 0 Å². The molecule has 1 aromatic heterocycles. The van der Waals surface area contributed by atoms with Crippen LogP contribution in [-0.4, -0.2) is 42.0 Å². The number of piperidine rings is 1. The van der Waals surface area contributed by atoms with Crippen LogP contribution in [0.15, 0.2) is 24.5 Å². The Bertz CT molecular complexity index is 407. The number of carbonyl (C=O) groups excluding carboxylic acids is 1.